The summed E-state index contributed by atoms with van der Waals surface area (Å²) in [6, 6.07) is 21.8. The molecular formula is C26H31N3O3. The van der Waals surface area contributed by atoms with E-state index in [1.807, 2.05) is 66.5 Å². The van der Waals surface area contributed by atoms with Gasteiger partial charge in [-0.1, -0.05) is 53.7 Å². The van der Waals surface area contributed by atoms with E-state index in [2.05, 4.69) is 22.6 Å². The van der Waals surface area contributed by atoms with E-state index in [0.717, 1.165) is 42.9 Å². The summed E-state index contributed by atoms with van der Waals surface area (Å²) in [5, 5.41) is 7.72. The lowest BCUT2D eigenvalue weighted by molar-refractivity contribution is -0.132. The molecule has 1 amide bonds. The van der Waals surface area contributed by atoms with Gasteiger partial charge in [-0.05, 0) is 55.5 Å². The molecule has 1 saturated heterocycles. The highest BCUT2D eigenvalue weighted by Crippen LogP contribution is 2.27. The molecule has 1 aromatic heterocycles. The molecule has 0 spiro atoms. The minimum absolute atomic E-state index is 0.197. The largest absolute Gasteiger partial charge is 0.486 e. The number of benzene rings is 2. The third kappa shape index (κ3) is 6.20. The number of nitrogens with zero attached hydrogens (tertiary/aromatic N) is 2. The number of ether oxygens (including phenoxy) is 1. The van der Waals surface area contributed by atoms with E-state index < -0.39 is 0 Å². The Kier molecular flexibility index (Phi) is 7.56. The third-order valence-electron chi connectivity index (χ3n) is 6.09. The molecule has 0 bridgehead atoms. The molecule has 2 atom stereocenters. The molecule has 0 saturated carbocycles. The van der Waals surface area contributed by atoms with Crippen molar-refractivity contribution in [3.05, 3.63) is 83.7 Å². The predicted molar refractivity (Wildman–Crippen MR) is 123 cm³/mol. The van der Waals surface area contributed by atoms with Crippen LogP contribution >= 0.6 is 0 Å². The van der Waals surface area contributed by atoms with Crippen LogP contribution in [0.15, 0.2) is 71.3 Å². The highest BCUT2D eigenvalue weighted by Gasteiger charge is 2.29. The fraction of sp³-hybridized carbons (Fsp3) is 0.385. The first-order chi connectivity index (χ1) is 15.7. The Balaban J connectivity index is 1.30. The molecule has 1 aliphatic rings. The van der Waals surface area contributed by atoms with E-state index in [9.17, 15) is 4.79 Å². The topological polar surface area (TPSA) is 67.6 Å². The van der Waals surface area contributed by atoms with E-state index in [1.54, 1.807) is 0 Å². The van der Waals surface area contributed by atoms with Crippen LogP contribution in [0.25, 0.3) is 0 Å². The molecule has 3 aromatic rings. The molecular weight excluding hydrogens is 402 g/mol. The molecule has 6 heteroatoms. The maximum atomic E-state index is 12.9. The van der Waals surface area contributed by atoms with E-state index in [-0.39, 0.29) is 5.91 Å². The van der Waals surface area contributed by atoms with Gasteiger partial charge in [0, 0.05) is 26.1 Å². The van der Waals surface area contributed by atoms with E-state index in [1.165, 1.54) is 0 Å². The second-order valence-corrected chi connectivity index (χ2v) is 8.54. The van der Waals surface area contributed by atoms with Gasteiger partial charge in [0.2, 0.25) is 5.91 Å². The highest BCUT2D eigenvalue weighted by atomic mass is 16.5. The van der Waals surface area contributed by atoms with E-state index in [0.29, 0.717) is 37.2 Å². The van der Waals surface area contributed by atoms with Crippen LogP contribution in [-0.4, -0.2) is 36.1 Å². The minimum atomic E-state index is 0.197. The number of piperidine rings is 1. The zero-order valence-electron chi connectivity index (χ0n) is 18.6. The van der Waals surface area contributed by atoms with Gasteiger partial charge in [0.15, 0.2) is 5.76 Å². The monoisotopic (exact) mass is 433 g/mol. The molecule has 1 N–H and O–H groups in total. The second-order valence-electron chi connectivity index (χ2n) is 8.54. The van der Waals surface area contributed by atoms with E-state index in [4.69, 9.17) is 9.26 Å². The average molecular weight is 434 g/mol. The number of nitrogens with one attached hydrogen (secondary N) is 1. The molecule has 1 aliphatic heterocycles. The smallest absolute Gasteiger partial charge is 0.222 e. The lowest BCUT2D eigenvalue weighted by Gasteiger charge is -2.32. The number of hydrogen-bond donors (Lipinski definition) is 1. The number of carbonyl (C=O) groups excluding carboxylic acids is 1. The van der Waals surface area contributed by atoms with Gasteiger partial charge < -0.3 is 19.5 Å². The summed E-state index contributed by atoms with van der Waals surface area (Å²) < 4.78 is 11.2. The molecule has 0 radical (unpaired) electrons. The van der Waals surface area contributed by atoms with Crippen LogP contribution in [-0.2, 0) is 24.4 Å². The zero-order valence-corrected chi connectivity index (χ0v) is 18.6. The van der Waals surface area contributed by atoms with Gasteiger partial charge in [0.05, 0.1) is 5.69 Å². The van der Waals surface area contributed by atoms with Crippen LogP contribution in [0.1, 0.15) is 29.9 Å². The van der Waals surface area contributed by atoms with Gasteiger partial charge in [-0.3, -0.25) is 4.79 Å². The van der Waals surface area contributed by atoms with Crippen LogP contribution in [0.2, 0.25) is 0 Å². The molecule has 1 fully saturated rings. The van der Waals surface area contributed by atoms with Gasteiger partial charge in [0.1, 0.15) is 12.4 Å². The first-order valence-corrected chi connectivity index (χ1v) is 11.3. The summed E-state index contributed by atoms with van der Waals surface area (Å²) in [6.07, 6.45) is 2.36. The van der Waals surface area contributed by atoms with Crippen molar-refractivity contribution in [1.82, 2.24) is 15.4 Å². The lowest BCUT2D eigenvalue weighted by atomic mass is 9.81. The van der Waals surface area contributed by atoms with Crippen LogP contribution in [0.4, 0.5) is 0 Å². The Bertz CT molecular complexity index is 974. The van der Waals surface area contributed by atoms with Crippen LogP contribution in [0, 0.1) is 11.8 Å². The molecule has 168 valence electrons. The van der Waals surface area contributed by atoms with Gasteiger partial charge in [0.25, 0.3) is 0 Å². The molecule has 32 heavy (non-hydrogen) atoms. The molecule has 4 rings (SSSR count). The number of para-hydroxylation sites is 1. The maximum absolute atomic E-state index is 12.9. The summed E-state index contributed by atoms with van der Waals surface area (Å²) in [4.78, 5) is 14.7. The van der Waals surface area contributed by atoms with Crippen molar-refractivity contribution in [2.75, 3.05) is 20.1 Å². The SMILES string of the molecule is CN(Cc1ccccc1)C(=O)C[C@H]1CCNC[C@@H]1Cc1cc(COc2ccccc2)on1. The summed E-state index contributed by atoms with van der Waals surface area (Å²) in [6.45, 7) is 2.84. The fourth-order valence-corrected chi connectivity index (χ4v) is 4.27. The van der Waals surface area contributed by atoms with Gasteiger partial charge in [-0.2, -0.15) is 0 Å². The molecule has 0 unspecified atom stereocenters. The van der Waals surface area contributed by atoms with Gasteiger partial charge in [-0.15, -0.1) is 0 Å². The van der Waals surface area contributed by atoms with E-state index >= 15 is 0 Å². The Labute approximate surface area is 189 Å². The zero-order chi connectivity index (χ0) is 22.2. The van der Waals surface area contributed by atoms with Crippen molar-refractivity contribution in [3.8, 4) is 5.75 Å². The number of rotatable bonds is 9. The number of aromatic nitrogens is 1. The highest BCUT2D eigenvalue weighted by molar-refractivity contribution is 5.76. The third-order valence-corrected chi connectivity index (χ3v) is 6.09. The molecule has 0 aliphatic carbocycles. The van der Waals surface area contributed by atoms with Crippen molar-refractivity contribution in [1.29, 1.82) is 0 Å². The first kappa shape index (κ1) is 22.1. The second kappa shape index (κ2) is 11.0. The number of amides is 1. The standard InChI is InChI=1S/C26H31N3O3/c1-29(18-20-8-4-2-5-9-20)26(30)15-21-12-13-27-17-22(21)14-23-16-25(32-28-23)19-31-24-10-6-3-7-11-24/h2-11,16,21-22,27H,12-15,17-19H2,1H3/t21-,22+/m1/s1. The summed E-state index contributed by atoms with van der Waals surface area (Å²) in [5.74, 6) is 2.40. The minimum Gasteiger partial charge on any atom is -0.486 e. The van der Waals surface area contributed by atoms with Crippen molar-refractivity contribution in [2.24, 2.45) is 11.8 Å². The Morgan fingerprint density at radius 3 is 2.66 bits per heavy atom. The maximum Gasteiger partial charge on any atom is 0.222 e. The average Bonchev–Trinajstić information content (AvgIpc) is 3.27. The van der Waals surface area contributed by atoms with Crippen molar-refractivity contribution < 1.29 is 14.1 Å². The fourth-order valence-electron chi connectivity index (χ4n) is 4.27. The first-order valence-electron chi connectivity index (χ1n) is 11.3. The van der Waals surface area contributed by atoms with Crippen LogP contribution in [0.5, 0.6) is 5.75 Å². The van der Waals surface area contributed by atoms with Crippen LogP contribution < -0.4 is 10.1 Å². The molecule has 2 aromatic carbocycles. The molecule has 2 heterocycles. The van der Waals surface area contributed by atoms with Crippen LogP contribution in [0.3, 0.4) is 0 Å². The van der Waals surface area contributed by atoms with Gasteiger partial charge >= 0.3 is 0 Å². The summed E-state index contributed by atoms with van der Waals surface area (Å²) >= 11 is 0. The van der Waals surface area contributed by atoms with Crippen molar-refractivity contribution in [3.63, 3.8) is 0 Å². The lowest BCUT2D eigenvalue weighted by Crippen LogP contribution is -2.40. The summed E-state index contributed by atoms with van der Waals surface area (Å²) in [7, 11) is 1.89. The number of carbonyl (C=O) groups is 1. The summed E-state index contributed by atoms with van der Waals surface area (Å²) in [5.41, 5.74) is 2.07. The Hall–Kier alpha value is -3.12. The molecule has 6 nitrogen and oxygen atoms in total. The Morgan fingerprint density at radius 1 is 1.12 bits per heavy atom. The van der Waals surface area contributed by atoms with Gasteiger partial charge in [-0.25, -0.2) is 0 Å². The quantitative estimate of drug-likeness (QED) is 0.551. The Morgan fingerprint density at radius 2 is 1.88 bits per heavy atom. The number of hydrogen-bond acceptors (Lipinski definition) is 5. The normalized spacial score (nSPS) is 18.3. The van der Waals surface area contributed by atoms with Crippen molar-refractivity contribution >= 4 is 5.91 Å². The van der Waals surface area contributed by atoms with Crippen molar-refractivity contribution in [2.45, 2.75) is 32.4 Å². The predicted octanol–water partition coefficient (Wildman–Crippen LogP) is 4.07.